The highest BCUT2D eigenvalue weighted by Gasteiger charge is 2.37. The number of aryl methyl sites for hydroxylation is 1. The van der Waals surface area contributed by atoms with Crippen LogP contribution >= 0.6 is 0 Å². The summed E-state index contributed by atoms with van der Waals surface area (Å²) >= 11 is 0. The largest absolute Gasteiger partial charge is 0.269 e. The number of anilines is 1. The van der Waals surface area contributed by atoms with Crippen LogP contribution in [0, 0.1) is 6.92 Å². The van der Waals surface area contributed by atoms with Crippen LogP contribution in [0.1, 0.15) is 11.4 Å². The lowest BCUT2D eigenvalue weighted by atomic mass is 10.2. The number of rotatable bonds is 2. The minimum Gasteiger partial charge on any atom is -0.263 e. The third-order valence-electron chi connectivity index (χ3n) is 3.87. The Kier molecular flexibility index (Phi) is 2.99. The maximum absolute atomic E-state index is 13.0. The molecule has 3 aromatic rings. The summed E-state index contributed by atoms with van der Waals surface area (Å²) in [6.45, 7) is 2.03. The van der Waals surface area contributed by atoms with Gasteiger partial charge >= 0.3 is 0 Å². The molecule has 116 valence electrons. The van der Waals surface area contributed by atoms with Crippen molar-refractivity contribution in [2.75, 3.05) is 4.31 Å². The van der Waals surface area contributed by atoms with Crippen molar-refractivity contribution in [3.63, 3.8) is 0 Å². The molecule has 6 nitrogen and oxygen atoms in total. The quantitative estimate of drug-likeness (QED) is 0.724. The summed E-state index contributed by atoms with van der Waals surface area (Å²) in [4.78, 5) is 0.270. The van der Waals surface area contributed by atoms with Crippen molar-refractivity contribution in [3.05, 3.63) is 66.0 Å². The predicted octanol–water partition coefficient (Wildman–Crippen LogP) is 2.28. The molecule has 0 fully saturated rings. The number of fused-ring (bicyclic) bond motifs is 3. The zero-order chi connectivity index (χ0) is 16.0. The SMILES string of the molecule is Cc1nnc2n1-c1ccccc1S(=O)(=O)N2Cc1ccccc1. The Morgan fingerprint density at radius 3 is 2.43 bits per heavy atom. The molecule has 0 amide bonds. The molecule has 23 heavy (non-hydrogen) atoms. The van der Waals surface area contributed by atoms with Gasteiger partial charge in [0.25, 0.3) is 10.0 Å². The van der Waals surface area contributed by atoms with Gasteiger partial charge in [0.2, 0.25) is 5.95 Å². The first-order valence-corrected chi connectivity index (χ1v) is 8.61. The van der Waals surface area contributed by atoms with Crippen LogP contribution in [0.4, 0.5) is 5.95 Å². The van der Waals surface area contributed by atoms with E-state index in [1.54, 1.807) is 22.8 Å². The molecule has 0 aliphatic carbocycles. The molecule has 0 unspecified atom stereocenters. The molecule has 0 N–H and O–H groups in total. The second-order valence-corrected chi connectivity index (χ2v) is 7.18. The second kappa shape index (κ2) is 4.92. The predicted molar refractivity (Wildman–Crippen MR) is 85.9 cm³/mol. The first-order valence-electron chi connectivity index (χ1n) is 7.17. The fourth-order valence-electron chi connectivity index (χ4n) is 2.79. The van der Waals surface area contributed by atoms with E-state index < -0.39 is 10.0 Å². The van der Waals surface area contributed by atoms with Gasteiger partial charge in [0, 0.05) is 0 Å². The highest BCUT2D eigenvalue weighted by Crippen LogP contribution is 2.36. The summed E-state index contributed by atoms with van der Waals surface area (Å²) < 4.78 is 29.1. The monoisotopic (exact) mass is 326 g/mol. The van der Waals surface area contributed by atoms with E-state index in [1.807, 2.05) is 43.3 Å². The summed E-state index contributed by atoms with van der Waals surface area (Å²) in [6, 6.07) is 16.4. The van der Waals surface area contributed by atoms with Crippen LogP contribution in [0.25, 0.3) is 5.69 Å². The van der Waals surface area contributed by atoms with Crippen LogP contribution in [-0.2, 0) is 16.6 Å². The normalized spacial score (nSPS) is 15.1. The van der Waals surface area contributed by atoms with Gasteiger partial charge in [-0.25, -0.2) is 12.7 Å². The summed E-state index contributed by atoms with van der Waals surface area (Å²) in [5.41, 5.74) is 1.48. The Balaban J connectivity index is 1.94. The summed E-state index contributed by atoms with van der Waals surface area (Å²) in [5, 5.41) is 8.15. The molecule has 0 saturated heterocycles. The molecule has 1 aromatic heterocycles. The summed E-state index contributed by atoms with van der Waals surface area (Å²) in [7, 11) is -3.67. The molecule has 1 aliphatic rings. The van der Waals surface area contributed by atoms with Gasteiger partial charge in [0.1, 0.15) is 10.7 Å². The van der Waals surface area contributed by atoms with Crippen molar-refractivity contribution in [1.82, 2.24) is 14.8 Å². The highest BCUT2D eigenvalue weighted by atomic mass is 32.2. The maximum Gasteiger partial charge on any atom is 0.269 e. The van der Waals surface area contributed by atoms with E-state index in [2.05, 4.69) is 10.2 Å². The smallest absolute Gasteiger partial charge is 0.263 e. The number of hydrogen-bond acceptors (Lipinski definition) is 4. The number of benzene rings is 2. The number of aromatic nitrogens is 3. The van der Waals surface area contributed by atoms with Gasteiger partial charge in [-0.1, -0.05) is 42.5 Å². The zero-order valence-electron chi connectivity index (χ0n) is 12.4. The fourth-order valence-corrected chi connectivity index (χ4v) is 4.35. The van der Waals surface area contributed by atoms with Gasteiger partial charge < -0.3 is 0 Å². The molecule has 0 saturated carbocycles. The Morgan fingerprint density at radius 1 is 0.957 bits per heavy atom. The molecular weight excluding hydrogens is 312 g/mol. The van der Waals surface area contributed by atoms with Crippen LogP contribution in [0.2, 0.25) is 0 Å². The topological polar surface area (TPSA) is 68.1 Å². The molecule has 1 aliphatic heterocycles. The molecule has 2 aromatic carbocycles. The fraction of sp³-hybridized carbons (Fsp3) is 0.125. The van der Waals surface area contributed by atoms with Gasteiger partial charge in [-0.05, 0) is 24.6 Å². The maximum atomic E-state index is 13.0. The number of nitrogens with zero attached hydrogens (tertiary/aromatic N) is 4. The zero-order valence-corrected chi connectivity index (χ0v) is 13.2. The van der Waals surface area contributed by atoms with Crippen LogP contribution < -0.4 is 4.31 Å². The molecule has 2 heterocycles. The van der Waals surface area contributed by atoms with Gasteiger partial charge in [-0.2, -0.15) is 0 Å². The van der Waals surface area contributed by atoms with Crippen molar-refractivity contribution in [1.29, 1.82) is 0 Å². The van der Waals surface area contributed by atoms with Crippen molar-refractivity contribution < 1.29 is 8.42 Å². The van der Waals surface area contributed by atoms with Crippen LogP contribution in [-0.4, -0.2) is 23.2 Å². The average Bonchev–Trinajstić information content (AvgIpc) is 2.94. The molecule has 0 bridgehead atoms. The van der Waals surface area contributed by atoms with Gasteiger partial charge in [-0.15, -0.1) is 10.2 Å². The van der Waals surface area contributed by atoms with E-state index in [-0.39, 0.29) is 11.4 Å². The van der Waals surface area contributed by atoms with E-state index in [0.717, 1.165) is 5.56 Å². The number of hydrogen-bond donors (Lipinski definition) is 0. The molecule has 0 atom stereocenters. The van der Waals surface area contributed by atoms with Crippen molar-refractivity contribution >= 4 is 16.0 Å². The molecular formula is C16H14N4O2S. The third kappa shape index (κ3) is 2.04. The standard InChI is InChI=1S/C16H14N4O2S/c1-12-17-18-16-19(11-13-7-3-2-4-8-13)23(21,22)15-10-6-5-9-14(15)20(12)16/h2-10H,11H2,1H3. The van der Waals surface area contributed by atoms with Gasteiger partial charge in [-0.3, -0.25) is 4.57 Å². The van der Waals surface area contributed by atoms with E-state index >= 15 is 0 Å². The van der Waals surface area contributed by atoms with Crippen molar-refractivity contribution in [3.8, 4) is 5.69 Å². The van der Waals surface area contributed by atoms with E-state index in [0.29, 0.717) is 17.5 Å². The minimum absolute atomic E-state index is 0.218. The molecule has 7 heteroatoms. The second-order valence-electron chi connectivity index (χ2n) is 5.35. The minimum atomic E-state index is -3.67. The Morgan fingerprint density at radius 2 is 1.65 bits per heavy atom. The Labute approximate surface area is 134 Å². The molecule has 4 rings (SSSR count). The van der Waals surface area contributed by atoms with Crippen molar-refractivity contribution in [2.45, 2.75) is 18.4 Å². The van der Waals surface area contributed by atoms with Gasteiger partial charge in [0.05, 0.1) is 12.2 Å². The van der Waals surface area contributed by atoms with E-state index in [1.165, 1.54) is 4.31 Å². The lowest BCUT2D eigenvalue weighted by Gasteiger charge is -2.29. The van der Waals surface area contributed by atoms with Gasteiger partial charge in [0.15, 0.2) is 0 Å². The average molecular weight is 326 g/mol. The highest BCUT2D eigenvalue weighted by molar-refractivity contribution is 7.93. The Bertz CT molecular complexity index is 980. The Hall–Kier alpha value is -2.67. The summed E-state index contributed by atoms with van der Waals surface area (Å²) in [6.07, 6.45) is 0. The first kappa shape index (κ1) is 14.0. The third-order valence-corrected chi connectivity index (χ3v) is 5.65. The van der Waals surface area contributed by atoms with E-state index in [9.17, 15) is 8.42 Å². The summed E-state index contributed by atoms with van der Waals surface area (Å²) in [5.74, 6) is 0.977. The van der Waals surface area contributed by atoms with Crippen LogP contribution in [0.5, 0.6) is 0 Å². The lowest BCUT2D eigenvalue weighted by Crippen LogP contribution is -2.36. The lowest BCUT2D eigenvalue weighted by molar-refractivity contribution is 0.584. The van der Waals surface area contributed by atoms with E-state index in [4.69, 9.17) is 0 Å². The molecule has 0 spiro atoms. The number of para-hydroxylation sites is 1. The first-order chi connectivity index (χ1) is 11.1. The van der Waals surface area contributed by atoms with Crippen LogP contribution in [0.3, 0.4) is 0 Å². The van der Waals surface area contributed by atoms with Crippen molar-refractivity contribution in [2.24, 2.45) is 0 Å². The molecule has 0 radical (unpaired) electrons. The number of sulfonamides is 1. The van der Waals surface area contributed by atoms with Crippen LogP contribution in [0.15, 0.2) is 59.5 Å².